The summed E-state index contributed by atoms with van der Waals surface area (Å²) in [6, 6.07) is 3.82. The van der Waals surface area contributed by atoms with Gasteiger partial charge in [-0.2, -0.15) is 0 Å². The Morgan fingerprint density at radius 3 is 2.82 bits per heavy atom. The molecule has 0 radical (unpaired) electrons. The zero-order chi connectivity index (χ0) is 7.84. The molecule has 0 fully saturated rings. The van der Waals surface area contributed by atoms with Crippen LogP contribution < -0.4 is 10.5 Å². The number of fused-ring (bicyclic) bond motifs is 3. The van der Waals surface area contributed by atoms with E-state index in [0.717, 1.165) is 21.9 Å². The Hall–Kier alpha value is -0.730. The number of ether oxygens (including phenoxy) is 1. The minimum atomic E-state index is 0.513. The van der Waals surface area contributed by atoms with Gasteiger partial charge in [-0.1, -0.05) is 11.6 Å². The second-order valence-electron chi connectivity index (χ2n) is 2.54. The summed E-state index contributed by atoms with van der Waals surface area (Å²) in [4.78, 5) is 0. The van der Waals surface area contributed by atoms with E-state index in [1.165, 1.54) is 0 Å². The molecule has 1 aromatic rings. The van der Waals surface area contributed by atoms with Crippen LogP contribution >= 0.6 is 11.6 Å². The molecular weight excluding hydrogens is 162 g/mol. The maximum atomic E-state index is 5.87. The summed E-state index contributed by atoms with van der Waals surface area (Å²) in [5.74, 6) is 0.826. The lowest BCUT2D eigenvalue weighted by atomic mass is 10.1. The molecule has 0 aromatic heterocycles. The van der Waals surface area contributed by atoms with Crippen LogP contribution in [0.2, 0.25) is 5.02 Å². The molecule has 0 saturated heterocycles. The van der Waals surface area contributed by atoms with Crippen LogP contribution in [0, 0.1) is 0 Å². The first-order chi connectivity index (χ1) is 5.31. The second-order valence-corrected chi connectivity index (χ2v) is 2.95. The van der Waals surface area contributed by atoms with Crippen molar-refractivity contribution >= 4 is 11.6 Å². The van der Waals surface area contributed by atoms with E-state index in [1.807, 2.05) is 12.1 Å². The topological polar surface area (TPSA) is 35.2 Å². The third-order valence-corrected chi connectivity index (χ3v) is 2.18. The van der Waals surface area contributed by atoms with E-state index in [1.54, 1.807) is 0 Å². The Bertz CT molecular complexity index is 298. The third kappa shape index (κ3) is 0.988. The van der Waals surface area contributed by atoms with Gasteiger partial charge in [-0.15, -0.1) is 0 Å². The highest BCUT2D eigenvalue weighted by Gasteiger charge is 2.14. The number of benzene rings is 1. The fourth-order valence-corrected chi connectivity index (χ4v) is 1.42. The predicted octanol–water partition coefficient (Wildman–Crippen LogP) is 1.69. The van der Waals surface area contributed by atoms with E-state index in [0.29, 0.717) is 13.2 Å². The first-order valence-corrected chi connectivity index (χ1v) is 3.83. The first-order valence-electron chi connectivity index (χ1n) is 3.45. The molecule has 3 rings (SSSR count). The molecule has 11 heavy (non-hydrogen) atoms. The molecule has 0 spiro atoms. The quantitative estimate of drug-likeness (QED) is 0.695. The van der Waals surface area contributed by atoms with Crippen molar-refractivity contribution in [1.29, 1.82) is 0 Å². The third-order valence-electron chi connectivity index (χ3n) is 1.83. The minimum absolute atomic E-state index is 0.513. The van der Waals surface area contributed by atoms with Crippen molar-refractivity contribution in [2.45, 2.75) is 13.2 Å². The molecule has 2 N–H and O–H groups in total. The Balaban J connectivity index is 2.59. The standard InChI is InChI=1S/C8H8ClNO/c9-7-2-8-5(3-10)1-6(7)4-11-8/h1-2H,3-4,10H2. The van der Waals surface area contributed by atoms with Crippen LogP contribution in [0.1, 0.15) is 11.1 Å². The Labute approximate surface area is 69.9 Å². The summed E-state index contributed by atoms with van der Waals surface area (Å²) in [5, 5.41) is 0.781. The number of nitrogens with two attached hydrogens (primary N) is 1. The smallest absolute Gasteiger partial charge is 0.125 e. The Morgan fingerprint density at radius 2 is 2.36 bits per heavy atom. The van der Waals surface area contributed by atoms with Crippen LogP contribution in [-0.4, -0.2) is 0 Å². The molecule has 2 bridgehead atoms. The van der Waals surface area contributed by atoms with Gasteiger partial charge in [0, 0.05) is 17.7 Å². The van der Waals surface area contributed by atoms with Crippen molar-refractivity contribution in [2.24, 2.45) is 5.73 Å². The van der Waals surface area contributed by atoms with Gasteiger partial charge in [-0.25, -0.2) is 0 Å². The highest BCUT2D eigenvalue weighted by molar-refractivity contribution is 6.31. The van der Waals surface area contributed by atoms with E-state index in [9.17, 15) is 0 Å². The van der Waals surface area contributed by atoms with E-state index in [-0.39, 0.29) is 0 Å². The van der Waals surface area contributed by atoms with Crippen molar-refractivity contribution in [2.75, 3.05) is 0 Å². The highest BCUT2D eigenvalue weighted by atomic mass is 35.5. The van der Waals surface area contributed by atoms with Crippen molar-refractivity contribution < 1.29 is 4.74 Å². The fourth-order valence-electron chi connectivity index (χ4n) is 1.21. The molecule has 58 valence electrons. The van der Waals surface area contributed by atoms with Gasteiger partial charge >= 0.3 is 0 Å². The van der Waals surface area contributed by atoms with Gasteiger partial charge in [0.05, 0.1) is 5.02 Å². The largest absolute Gasteiger partial charge is 0.488 e. The van der Waals surface area contributed by atoms with Gasteiger partial charge in [0.15, 0.2) is 0 Å². The van der Waals surface area contributed by atoms with Crippen molar-refractivity contribution in [3.05, 3.63) is 28.3 Å². The van der Waals surface area contributed by atoms with E-state index in [4.69, 9.17) is 22.1 Å². The van der Waals surface area contributed by atoms with Crippen LogP contribution in [0.15, 0.2) is 12.1 Å². The lowest BCUT2D eigenvalue weighted by Crippen LogP contribution is -2.09. The zero-order valence-electron chi connectivity index (χ0n) is 5.93. The summed E-state index contributed by atoms with van der Waals surface area (Å²) in [6.45, 7) is 1.10. The molecule has 0 saturated carbocycles. The van der Waals surface area contributed by atoms with Crippen molar-refractivity contribution in [1.82, 2.24) is 0 Å². The number of hydrogen-bond donors (Lipinski definition) is 1. The number of rotatable bonds is 1. The fraction of sp³-hybridized carbons (Fsp3) is 0.250. The molecule has 0 atom stereocenters. The van der Waals surface area contributed by atoms with Gasteiger partial charge in [-0.3, -0.25) is 0 Å². The van der Waals surface area contributed by atoms with Crippen molar-refractivity contribution in [3.63, 3.8) is 0 Å². The van der Waals surface area contributed by atoms with E-state index >= 15 is 0 Å². The Kier molecular flexibility index (Phi) is 1.51. The normalized spacial score (nSPS) is 13.3. The summed E-state index contributed by atoms with van der Waals surface area (Å²) in [7, 11) is 0. The SMILES string of the molecule is NCc1cc2c(Cl)cc1OC2. The molecule has 0 aliphatic carbocycles. The Morgan fingerprint density at radius 1 is 1.55 bits per heavy atom. The number of hydrogen-bond acceptors (Lipinski definition) is 2. The average Bonchev–Trinajstić information content (AvgIpc) is 2.05. The van der Waals surface area contributed by atoms with Gasteiger partial charge in [0.2, 0.25) is 0 Å². The summed E-state index contributed by atoms with van der Waals surface area (Å²) >= 11 is 5.87. The maximum Gasteiger partial charge on any atom is 0.125 e. The molecular formula is C8H8ClNO. The first kappa shape index (κ1) is 6.95. The molecule has 2 aliphatic rings. The molecule has 2 heterocycles. The summed E-state index contributed by atoms with van der Waals surface area (Å²) in [6.07, 6.45) is 0. The van der Waals surface area contributed by atoms with Gasteiger partial charge in [0.1, 0.15) is 12.4 Å². The summed E-state index contributed by atoms with van der Waals surface area (Å²) in [5.41, 5.74) is 7.55. The van der Waals surface area contributed by atoms with Crippen LogP contribution in [0.3, 0.4) is 0 Å². The summed E-state index contributed by atoms with van der Waals surface area (Å²) < 4.78 is 5.32. The average molecular weight is 170 g/mol. The minimum Gasteiger partial charge on any atom is -0.488 e. The molecule has 0 unspecified atom stereocenters. The highest BCUT2D eigenvalue weighted by Crippen LogP contribution is 2.32. The molecule has 2 nitrogen and oxygen atoms in total. The second kappa shape index (κ2) is 2.40. The molecule has 0 amide bonds. The van der Waals surface area contributed by atoms with Crippen molar-refractivity contribution in [3.8, 4) is 5.75 Å². The van der Waals surface area contributed by atoms with E-state index < -0.39 is 0 Å². The van der Waals surface area contributed by atoms with Gasteiger partial charge in [-0.05, 0) is 12.1 Å². The lowest BCUT2D eigenvalue weighted by molar-refractivity contribution is 0.291. The lowest BCUT2D eigenvalue weighted by Gasteiger charge is -2.19. The van der Waals surface area contributed by atoms with E-state index in [2.05, 4.69) is 0 Å². The van der Waals surface area contributed by atoms with Gasteiger partial charge < -0.3 is 10.5 Å². The van der Waals surface area contributed by atoms with Crippen LogP contribution in [0.25, 0.3) is 0 Å². The molecule has 3 heteroatoms. The van der Waals surface area contributed by atoms with Crippen LogP contribution in [0.5, 0.6) is 5.75 Å². The predicted molar refractivity (Wildman–Crippen MR) is 43.7 cm³/mol. The van der Waals surface area contributed by atoms with Gasteiger partial charge in [0.25, 0.3) is 0 Å². The van der Waals surface area contributed by atoms with Crippen LogP contribution in [0.4, 0.5) is 0 Å². The zero-order valence-corrected chi connectivity index (χ0v) is 6.69. The molecule has 1 aromatic carbocycles. The molecule has 2 aliphatic heterocycles. The van der Waals surface area contributed by atoms with Crippen LogP contribution in [-0.2, 0) is 13.2 Å². The maximum absolute atomic E-state index is 5.87. The monoisotopic (exact) mass is 169 g/mol. The number of halogens is 1.